The number of nitrogens with zero attached hydrogens (tertiary/aromatic N) is 2. The van der Waals surface area contributed by atoms with E-state index in [1.54, 1.807) is 36.4 Å². The molecule has 29 heavy (non-hydrogen) atoms. The van der Waals surface area contributed by atoms with Crippen LogP contribution < -0.4 is 10.2 Å². The Morgan fingerprint density at radius 3 is 2.55 bits per heavy atom. The van der Waals surface area contributed by atoms with Crippen molar-refractivity contribution in [2.24, 2.45) is 0 Å². The van der Waals surface area contributed by atoms with Crippen LogP contribution in [0.2, 0.25) is 5.02 Å². The fourth-order valence-electron chi connectivity index (χ4n) is 3.56. The van der Waals surface area contributed by atoms with Crippen molar-refractivity contribution in [2.75, 3.05) is 25.5 Å². The molecule has 2 amide bonds. The summed E-state index contributed by atoms with van der Waals surface area (Å²) >= 11 is 7.61. The van der Waals surface area contributed by atoms with E-state index in [0.29, 0.717) is 10.6 Å². The van der Waals surface area contributed by atoms with E-state index in [-0.39, 0.29) is 24.5 Å². The van der Waals surface area contributed by atoms with Gasteiger partial charge in [-0.15, -0.1) is 11.3 Å². The maximum Gasteiger partial charge on any atom is 0.257 e. The third-order valence-electron chi connectivity index (χ3n) is 5.03. The molecule has 1 atom stereocenters. The van der Waals surface area contributed by atoms with Crippen LogP contribution in [0.15, 0.2) is 60.7 Å². The number of amides is 2. The minimum atomic E-state index is -0.360. The lowest BCUT2D eigenvalue weighted by Gasteiger charge is -2.43. The summed E-state index contributed by atoms with van der Waals surface area (Å²) in [6, 6.07) is 19.2. The van der Waals surface area contributed by atoms with E-state index in [1.165, 1.54) is 0 Å². The highest BCUT2D eigenvalue weighted by molar-refractivity contribution is 7.15. The maximum absolute atomic E-state index is 13.0. The number of hydrogen-bond donors (Lipinski definition) is 1. The predicted molar refractivity (Wildman–Crippen MR) is 117 cm³/mol. The number of rotatable bonds is 4. The number of hydrogen-bond acceptors (Lipinski definition) is 4. The van der Waals surface area contributed by atoms with Crippen molar-refractivity contribution in [1.82, 2.24) is 10.2 Å². The highest BCUT2D eigenvalue weighted by Gasteiger charge is 2.37. The maximum atomic E-state index is 13.0. The molecule has 1 aliphatic heterocycles. The second-order valence-electron chi connectivity index (χ2n) is 6.82. The van der Waals surface area contributed by atoms with Gasteiger partial charge in [0.05, 0.1) is 17.8 Å². The van der Waals surface area contributed by atoms with Gasteiger partial charge in [-0.2, -0.15) is 0 Å². The molecule has 0 saturated heterocycles. The van der Waals surface area contributed by atoms with Crippen LogP contribution in [0.4, 0.5) is 5.69 Å². The molecule has 0 bridgehead atoms. The van der Waals surface area contributed by atoms with Gasteiger partial charge >= 0.3 is 0 Å². The van der Waals surface area contributed by atoms with E-state index in [0.717, 1.165) is 21.0 Å². The van der Waals surface area contributed by atoms with Crippen molar-refractivity contribution in [3.63, 3.8) is 0 Å². The van der Waals surface area contributed by atoms with Gasteiger partial charge in [0.15, 0.2) is 0 Å². The lowest BCUT2D eigenvalue weighted by Crippen LogP contribution is -2.50. The van der Waals surface area contributed by atoms with Gasteiger partial charge in [-0.05, 0) is 42.0 Å². The Hall–Kier alpha value is -2.83. The summed E-state index contributed by atoms with van der Waals surface area (Å²) in [7, 11) is 3.40. The average Bonchev–Trinajstić information content (AvgIpc) is 3.22. The number of benzene rings is 2. The number of anilines is 1. The zero-order valence-corrected chi connectivity index (χ0v) is 17.6. The highest BCUT2D eigenvalue weighted by atomic mass is 35.5. The van der Waals surface area contributed by atoms with E-state index in [1.807, 2.05) is 59.5 Å². The number of para-hydroxylation sites is 1. The first-order valence-electron chi connectivity index (χ1n) is 9.18. The molecular weight excluding hydrogens is 406 g/mol. The minimum Gasteiger partial charge on any atom is -0.358 e. The first kappa shape index (κ1) is 19.5. The largest absolute Gasteiger partial charge is 0.358 e. The summed E-state index contributed by atoms with van der Waals surface area (Å²) in [6.07, 6.45) is -0.360. The van der Waals surface area contributed by atoms with Gasteiger partial charge in [0.25, 0.3) is 5.91 Å². The van der Waals surface area contributed by atoms with Crippen LogP contribution in [-0.4, -0.2) is 37.4 Å². The summed E-state index contributed by atoms with van der Waals surface area (Å²) in [6.45, 7) is 0.157. The third kappa shape index (κ3) is 3.61. The molecule has 2 heterocycles. The summed E-state index contributed by atoms with van der Waals surface area (Å²) in [5, 5.41) is 3.38. The lowest BCUT2D eigenvalue weighted by atomic mass is 10.0. The van der Waals surface area contributed by atoms with Crippen LogP contribution in [0.1, 0.15) is 21.4 Å². The summed E-state index contributed by atoms with van der Waals surface area (Å²) in [5.74, 6) is -0.165. The third-order valence-corrected chi connectivity index (χ3v) is 6.46. The van der Waals surface area contributed by atoms with Crippen LogP contribution in [0, 0.1) is 0 Å². The Morgan fingerprint density at radius 1 is 1.10 bits per heavy atom. The van der Waals surface area contributed by atoms with Crippen LogP contribution in [0.3, 0.4) is 0 Å². The average molecular weight is 426 g/mol. The number of carbonyl (C=O) groups is 2. The second kappa shape index (κ2) is 7.89. The van der Waals surface area contributed by atoms with Crippen molar-refractivity contribution in [1.29, 1.82) is 0 Å². The van der Waals surface area contributed by atoms with Crippen molar-refractivity contribution >= 4 is 40.4 Å². The molecule has 0 fully saturated rings. The normalized spacial score (nSPS) is 16.0. The van der Waals surface area contributed by atoms with Crippen molar-refractivity contribution in [3.8, 4) is 10.4 Å². The van der Waals surface area contributed by atoms with Gasteiger partial charge < -0.3 is 15.1 Å². The van der Waals surface area contributed by atoms with Gasteiger partial charge in [-0.1, -0.05) is 35.9 Å². The number of halogens is 1. The van der Waals surface area contributed by atoms with Crippen molar-refractivity contribution < 1.29 is 9.59 Å². The zero-order valence-electron chi connectivity index (χ0n) is 16.1. The molecule has 4 rings (SSSR count). The molecule has 0 radical (unpaired) electrons. The number of likely N-dealkylation sites (N-methyl/N-ethyl adjacent to an activating group) is 1. The zero-order chi connectivity index (χ0) is 20.5. The van der Waals surface area contributed by atoms with E-state index in [9.17, 15) is 9.59 Å². The molecule has 1 N–H and O–H groups in total. The summed E-state index contributed by atoms with van der Waals surface area (Å²) < 4.78 is 0. The smallest absolute Gasteiger partial charge is 0.257 e. The first-order chi connectivity index (χ1) is 14.0. The molecule has 3 aromatic rings. The quantitative estimate of drug-likeness (QED) is 0.673. The molecule has 2 aromatic carbocycles. The molecule has 148 valence electrons. The number of fused-ring (bicyclic) bond motifs is 1. The number of carbonyl (C=O) groups excluding carboxylic acids is 2. The van der Waals surface area contributed by atoms with E-state index in [4.69, 9.17) is 11.6 Å². The van der Waals surface area contributed by atoms with Crippen LogP contribution >= 0.6 is 22.9 Å². The summed E-state index contributed by atoms with van der Waals surface area (Å²) in [5.41, 5.74) is 2.43. The molecule has 1 aliphatic rings. The minimum absolute atomic E-state index is 0.0554. The second-order valence-corrected chi connectivity index (χ2v) is 8.37. The standard InChI is InChI=1S/C22H20ClN3O2S/c1-24-20(27)13-26-17-6-4-3-5-16(17)22(28)25(2)21(26)19-12-11-18(29-19)14-7-9-15(23)10-8-14/h3-12,21H,13H2,1-2H3,(H,24,27)/t21-/m1/s1. The van der Waals surface area contributed by atoms with E-state index >= 15 is 0 Å². The first-order valence-corrected chi connectivity index (χ1v) is 10.4. The topological polar surface area (TPSA) is 52.7 Å². The Kier molecular flexibility index (Phi) is 5.30. The van der Waals surface area contributed by atoms with E-state index in [2.05, 4.69) is 5.32 Å². The molecular formula is C22H20ClN3O2S. The van der Waals surface area contributed by atoms with Crippen LogP contribution in [0.5, 0.6) is 0 Å². The monoisotopic (exact) mass is 425 g/mol. The molecule has 7 heteroatoms. The number of thiophene rings is 1. The van der Waals surface area contributed by atoms with Crippen molar-refractivity contribution in [3.05, 3.63) is 76.1 Å². The summed E-state index contributed by atoms with van der Waals surface area (Å²) in [4.78, 5) is 31.0. The predicted octanol–water partition coefficient (Wildman–Crippen LogP) is 4.41. The molecule has 0 saturated carbocycles. The van der Waals surface area contributed by atoms with Gasteiger partial charge in [0.1, 0.15) is 6.17 Å². The van der Waals surface area contributed by atoms with E-state index < -0.39 is 0 Å². The van der Waals surface area contributed by atoms with Crippen LogP contribution in [-0.2, 0) is 4.79 Å². The van der Waals surface area contributed by atoms with Gasteiger partial charge in [0, 0.05) is 28.9 Å². The van der Waals surface area contributed by atoms with Gasteiger partial charge in [-0.3, -0.25) is 9.59 Å². The van der Waals surface area contributed by atoms with Crippen molar-refractivity contribution in [2.45, 2.75) is 6.17 Å². The molecule has 1 aromatic heterocycles. The molecule has 0 spiro atoms. The molecule has 0 unspecified atom stereocenters. The Morgan fingerprint density at radius 2 is 1.83 bits per heavy atom. The Labute approximate surface area is 178 Å². The molecule has 5 nitrogen and oxygen atoms in total. The fourth-order valence-corrected chi connectivity index (χ4v) is 4.85. The lowest BCUT2D eigenvalue weighted by molar-refractivity contribution is -0.119. The van der Waals surface area contributed by atoms with Gasteiger partial charge in [-0.25, -0.2) is 0 Å². The Bertz CT molecular complexity index is 1060. The Balaban J connectivity index is 1.77. The molecule has 0 aliphatic carbocycles. The SMILES string of the molecule is CNC(=O)CN1c2ccccc2C(=O)N(C)[C@H]1c1ccc(-c2ccc(Cl)cc2)s1. The van der Waals surface area contributed by atoms with Gasteiger partial charge in [0.2, 0.25) is 5.91 Å². The fraction of sp³-hybridized carbons (Fsp3) is 0.182. The highest BCUT2D eigenvalue weighted by Crippen LogP contribution is 2.41. The van der Waals surface area contributed by atoms with Crippen LogP contribution in [0.25, 0.3) is 10.4 Å². The number of nitrogens with one attached hydrogen (secondary N) is 1.